The Balaban J connectivity index is 1.24. The Hall–Kier alpha value is -4.11. The number of anilines is 1. The number of rotatable bonds is 4. The third kappa shape index (κ3) is 5.66. The first-order chi connectivity index (χ1) is 20.2. The van der Waals surface area contributed by atoms with Crippen LogP contribution < -0.4 is 5.32 Å². The smallest absolute Gasteiger partial charge is 0.331 e. The standard InChI is InChI=1S/C32H29ClF3N5O/c1-20-37-13-16-41(20)19-23-17-22-18-25(33)6-9-27(22)29(30-28(23)3-2-12-38-30)21-10-14-40(15-11-21)31(42)39-26-7-4-24(5-8-26)32(34,35)36/h2-9,12-13,16-18,21,29H,10-11,14-15,19H2,1H3,(H,39,42). The van der Waals surface area contributed by atoms with Gasteiger partial charge in [0.25, 0.3) is 0 Å². The fraction of sp³-hybridized carbons (Fsp3) is 0.281. The normalized spacial score (nSPS) is 17.2. The Morgan fingerprint density at radius 1 is 1.05 bits per heavy atom. The van der Waals surface area contributed by atoms with Gasteiger partial charge < -0.3 is 14.8 Å². The largest absolute Gasteiger partial charge is 0.416 e. The maximum Gasteiger partial charge on any atom is 0.416 e. The van der Waals surface area contributed by atoms with Crippen LogP contribution in [-0.2, 0) is 12.7 Å². The number of fused-ring (bicyclic) bond motifs is 2. The van der Waals surface area contributed by atoms with E-state index in [4.69, 9.17) is 16.6 Å². The highest BCUT2D eigenvalue weighted by Crippen LogP contribution is 2.45. The molecule has 10 heteroatoms. The van der Waals surface area contributed by atoms with Gasteiger partial charge in [-0.05, 0) is 90.9 Å². The molecule has 42 heavy (non-hydrogen) atoms. The number of imidazole rings is 1. The molecule has 1 saturated heterocycles. The van der Waals surface area contributed by atoms with Crippen LogP contribution in [0.1, 0.15) is 52.5 Å². The molecule has 1 aliphatic carbocycles. The minimum Gasteiger partial charge on any atom is -0.331 e. The number of halogens is 4. The monoisotopic (exact) mass is 591 g/mol. The second-order valence-electron chi connectivity index (χ2n) is 10.8. The van der Waals surface area contributed by atoms with Crippen molar-refractivity contribution in [3.63, 3.8) is 0 Å². The number of nitrogens with one attached hydrogen (secondary N) is 1. The number of carbonyl (C=O) groups is 1. The van der Waals surface area contributed by atoms with Gasteiger partial charge in [0.15, 0.2) is 0 Å². The van der Waals surface area contributed by atoms with Gasteiger partial charge in [-0.3, -0.25) is 4.98 Å². The molecular formula is C32H29ClF3N5O. The Kier molecular flexibility index (Phi) is 7.53. The summed E-state index contributed by atoms with van der Waals surface area (Å²) in [6, 6.07) is 14.3. The Morgan fingerprint density at radius 2 is 1.81 bits per heavy atom. The topological polar surface area (TPSA) is 63.1 Å². The molecule has 6 nitrogen and oxygen atoms in total. The molecule has 1 fully saturated rings. The highest BCUT2D eigenvalue weighted by Gasteiger charge is 2.35. The first kappa shape index (κ1) is 28.0. The summed E-state index contributed by atoms with van der Waals surface area (Å²) >= 11 is 6.47. The van der Waals surface area contributed by atoms with Gasteiger partial charge in [-0.25, -0.2) is 9.78 Å². The minimum absolute atomic E-state index is 0.00576. The van der Waals surface area contributed by atoms with Crippen molar-refractivity contribution in [2.24, 2.45) is 5.92 Å². The number of nitrogens with zero attached hydrogens (tertiary/aromatic N) is 4. The quantitative estimate of drug-likeness (QED) is 0.262. The lowest BCUT2D eigenvalue weighted by atomic mass is 9.76. The highest BCUT2D eigenvalue weighted by molar-refractivity contribution is 6.30. The number of piperidine rings is 1. The van der Waals surface area contributed by atoms with E-state index in [0.29, 0.717) is 30.3 Å². The van der Waals surface area contributed by atoms with E-state index in [9.17, 15) is 18.0 Å². The fourth-order valence-electron chi connectivity index (χ4n) is 6.05. The van der Waals surface area contributed by atoms with Crippen molar-refractivity contribution in [2.45, 2.75) is 38.4 Å². The molecule has 4 aromatic rings. The third-order valence-electron chi connectivity index (χ3n) is 8.22. The SMILES string of the molecule is Cc1nccn1CC1=Cc2cc(Cl)ccc2C(C2CCN(C(=O)Nc3ccc(C(F)(F)F)cc3)CC2)c2ncccc21. The average molecular weight is 592 g/mol. The molecule has 1 unspecified atom stereocenters. The summed E-state index contributed by atoms with van der Waals surface area (Å²) in [5.41, 5.74) is 5.01. The Morgan fingerprint density at radius 3 is 2.50 bits per heavy atom. The Labute approximate surface area is 246 Å². The van der Waals surface area contributed by atoms with Crippen LogP contribution in [0.5, 0.6) is 0 Å². The number of amides is 2. The van der Waals surface area contributed by atoms with Crippen molar-refractivity contribution in [3.05, 3.63) is 112 Å². The zero-order valence-corrected chi connectivity index (χ0v) is 23.7. The van der Waals surface area contributed by atoms with E-state index in [-0.39, 0.29) is 17.9 Å². The van der Waals surface area contributed by atoms with E-state index in [1.54, 1.807) is 11.1 Å². The van der Waals surface area contributed by atoms with Crippen LogP contribution in [0.2, 0.25) is 5.02 Å². The molecule has 3 heterocycles. The van der Waals surface area contributed by atoms with E-state index in [0.717, 1.165) is 58.8 Å². The van der Waals surface area contributed by atoms with E-state index in [2.05, 4.69) is 33.1 Å². The number of carbonyl (C=O) groups excluding carboxylic acids is 1. The summed E-state index contributed by atoms with van der Waals surface area (Å²) in [5.74, 6) is 1.15. The van der Waals surface area contributed by atoms with Crippen molar-refractivity contribution in [2.75, 3.05) is 18.4 Å². The lowest BCUT2D eigenvalue weighted by Gasteiger charge is -2.36. The lowest BCUT2D eigenvalue weighted by Crippen LogP contribution is -2.42. The molecule has 2 aromatic carbocycles. The number of likely N-dealkylation sites (tertiary alicyclic amines) is 1. The second kappa shape index (κ2) is 11.3. The van der Waals surface area contributed by atoms with Crippen LogP contribution in [0.15, 0.2) is 73.2 Å². The molecule has 216 valence electrons. The first-order valence-electron chi connectivity index (χ1n) is 13.8. The molecule has 2 amide bonds. The number of aromatic nitrogens is 3. The van der Waals surface area contributed by atoms with Crippen LogP contribution in [0.3, 0.4) is 0 Å². The summed E-state index contributed by atoms with van der Waals surface area (Å²) in [5, 5.41) is 3.40. The second-order valence-corrected chi connectivity index (χ2v) is 11.2. The maximum absolute atomic E-state index is 13.0. The fourth-order valence-corrected chi connectivity index (χ4v) is 6.23. The zero-order chi connectivity index (χ0) is 29.4. The van der Waals surface area contributed by atoms with Gasteiger partial charge in [-0.2, -0.15) is 13.2 Å². The summed E-state index contributed by atoms with van der Waals surface area (Å²) in [6.07, 6.45) is 4.88. The highest BCUT2D eigenvalue weighted by atomic mass is 35.5. The van der Waals surface area contributed by atoms with E-state index in [1.165, 1.54) is 12.1 Å². The number of alkyl halides is 3. The van der Waals surface area contributed by atoms with Crippen molar-refractivity contribution in [1.82, 2.24) is 19.4 Å². The minimum atomic E-state index is -4.42. The van der Waals surface area contributed by atoms with Crippen molar-refractivity contribution in [3.8, 4) is 0 Å². The molecule has 0 bridgehead atoms. The zero-order valence-electron chi connectivity index (χ0n) is 22.9. The summed E-state index contributed by atoms with van der Waals surface area (Å²) in [6.45, 7) is 3.67. The molecule has 0 spiro atoms. The summed E-state index contributed by atoms with van der Waals surface area (Å²) < 4.78 is 40.8. The number of allylic oxidation sites excluding steroid dienone is 1. The molecule has 1 atom stereocenters. The molecule has 6 rings (SSSR count). The maximum atomic E-state index is 13.0. The lowest BCUT2D eigenvalue weighted by molar-refractivity contribution is -0.137. The van der Waals surface area contributed by atoms with Crippen molar-refractivity contribution >= 4 is 35.0 Å². The van der Waals surface area contributed by atoms with Gasteiger partial charge in [-0.1, -0.05) is 23.7 Å². The number of hydrogen-bond acceptors (Lipinski definition) is 3. The number of pyridine rings is 1. The van der Waals surface area contributed by atoms with Crippen LogP contribution in [0.25, 0.3) is 11.6 Å². The molecule has 1 N–H and O–H groups in total. The number of hydrogen-bond donors (Lipinski definition) is 1. The average Bonchev–Trinajstić information content (AvgIpc) is 3.32. The number of benzene rings is 2. The molecule has 2 aliphatic rings. The van der Waals surface area contributed by atoms with E-state index >= 15 is 0 Å². The predicted molar refractivity (Wildman–Crippen MR) is 157 cm³/mol. The molecule has 1 aliphatic heterocycles. The van der Waals surface area contributed by atoms with Gasteiger partial charge in [-0.15, -0.1) is 0 Å². The van der Waals surface area contributed by atoms with Crippen molar-refractivity contribution < 1.29 is 18.0 Å². The summed E-state index contributed by atoms with van der Waals surface area (Å²) in [7, 11) is 0. The van der Waals surface area contributed by atoms with Crippen LogP contribution in [0, 0.1) is 12.8 Å². The molecule has 0 radical (unpaired) electrons. The molecular weight excluding hydrogens is 563 g/mol. The molecule has 2 aromatic heterocycles. The van der Waals surface area contributed by atoms with Gasteiger partial charge in [0.1, 0.15) is 5.82 Å². The summed E-state index contributed by atoms with van der Waals surface area (Å²) in [4.78, 5) is 24.0. The van der Waals surface area contributed by atoms with Crippen molar-refractivity contribution in [1.29, 1.82) is 0 Å². The number of urea groups is 1. The van der Waals surface area contributed by atoms with Gasteiger partial charge in [0, 0.05) is 60.4 Å². The Bertz CT molecular complexity index is 1640. The van der Waals surface area contributed by atoms with Crippen LogP contribution in [0.4, 0.5) is 23.7 Å². The van der Waals surface area contributed by atoms with E-state index in [1.807, 2.05) is 37.5 Å². The van der Waals surface area contributed by atoms with Gasteiger partial charge in [0.2, 0.25) is 0 Å². The van der Waals surface area contributed by atoms with Gasteiger partial charge in [0.05, 0.1) is 11.3 Å². The van der Waals surface area contributed by atoms with Crippen LogP contribution >= 0.6 is 11.6 Å². The van der Waals surface area contributed by atoms with E-state index < -0.39 is 11.7 Å². The molecule has 0 saturated carbocycles. The van der Waals surface area contributed by atoms with Crippen LogP contribution in [-0.4, -0.2) is 38.6 Å². The third-order valence-corrected chi connectivity index (χ3v) is 8.45. The van der Waals surface area contributed by atoms with Gasteiger partial charge >= 0.3 is 12.2 Å². The number of aryl methyl sites for hydroxylation is 1. The first-order valence-corrected chi connectivity index (χ1v) is 14.2. The predicted octanol–water partition coefficient (Wildman–Crippen LogP) is 7.89.